The van der Waals surface area contributed by atoms with Crippen molar-refractivity contribution in [3.8, 4) is 5.75 Å². The zero-order valence-corrected chi connectivity index (χ0v) is 10.5. The van der Waals surface area contributed by atoms with Crippen LogP contribution in [0.3, 0.4) is 0 Å². The number of carbonyl (C=O) groups excluding carboxylic acids is 2. The fraction of sp³-hybridized carbons (Fsp3) is 0.200. The average molecular weight is 302 g/mol. The lowest BCUT2D eigenvalue weighted by atomic mass is 10.3. The first-order chi connectivity index (χ1) is 8.02. The number of halogens is 1. The molecule has 0 bridgehead atoms. The maximum atomic E-state index is 11.4. The molecule has 1 aromatic rings. The molecule has 0 atom stereocenters. The van der Waals surface area contributed by atoms with E-state index in [-0.39, 0.29) is 24.5 Å². The van der Waals surface area contributed by atoms with Crippen molar-refractivity contribution in [1.82, 2.24) is 5.32 Å². The van der Waals surface area contributed by atoms with E-state index < -0.39 is 11.8 Å². The molecule has 92 valence electrons. The zero-order valence-electron chi connectivity index (χ0n) is 8.87. The molecule has 5 N–H and O–H groups in total. The Hall–Kier alpha value is -1.60. The van der Waals surface area contributed by atoms with Crippen LogP contribution >= 0.6 is 15.9 Å². The Morgan fingerprint density at radius 1 is 1.35 bits per heavy atom. The Kier molecular flexibility index (Phi) is 4.92. The topological polar surface area (TPSA) is 104 Å². The molecule has 0 spiro atoms. The van der Waals surface area contributed by atoms with E-state index in [0.29, 0.717) is 0 Å². The fourth-order valence-corrected chi connectivity index (χ4v) is 1.41. The van der Waals surface area contributed by atoms with Gasteiger partial charge in [-0.1, -0.05) is 15.9 Å². The van der Waals surface area contributed by atoms with E-state index in [2.05, 4.69) is 26.6 Å². The lowest BCUT2D eigenvalue weighted by Crippen LogP contribution is -2.36. The molecule has 0 aromatic heterocycles. The molecule has 0 saturated heterocycles. The van der Waals surface area contributed by atoms with Crippen LogP contribution in [0.5, 0.6) is 5.75 Å². The smallest absolute Gasteiger partial charge is 0.243 e. The molecule has 0 saturated carbocycles. The maximum Gasteiger partial charge on any atom is 0.243 e. The number of hydrogen-bond donors (Lipinski definition) is 4. The number of rotatable bonds is 4. The predicted molar refractivity (Wildman–Crippen MR) is 66.5 cm³/mol. The summed E-state index contributed by atoms with van der Waals surface area (Å²) in [6.07, 6.45) is 0. The molecule has 0 aliphatic carbocycles. The van der Waals surface area contributed by atoms with Gasteiger partial charge in [0.1, 0.15) is 5.75 Å². The lowest BCUT2D eigenvalue weighted by Gasteiger charge is -2.08. The molecule has 1 aromatic carbocycles. The van der Waals surface area contributed by atoms with Crippen LogP contribution in [0.15, 0.2) is 22.7 Å². The first-order valence-corrected chi connectivity index (χ1v) is 5.57. The lowest BCUT2D eigenvalue weighted by molar-refractivity contribution is -0.123. The highest BCUT2D eigenvalue weighted by Crippen LogP contribution is 2.26. The Labute approximate surface area is 106 Å². The quantitative estimate of drug-likeness (QED) is 0.595. The number of amides is 2. The number of nitrogens with two attached hydrogens (primary N) is 1. The van der Waals surface area contributed by atoms with E-state index in [1.807, 2.05) is 0 Å². The summed E-state index contributed by atoms with van der Waals surface area (Å²) in [5.41, 5.74) is 5.33. The van der Waals surface area contributed by atoms with Gasteiger partial charge in [-0.25, -0.2) is 0 Å². The van der Waals surface area contributed by atoms with Gasteiger partial charge in [-0.15, -0.1) is 0 Å². The summed E-state index contributed by atoms with van der Waals surface area (Å²) in [6.45, 7) is -0.364. The van der Waals surface area contributed by atoms with Crippen molar-refractivity contribution in [3.05, 3.63) is 22.7 Å². The Morgan fingerprint density at radius 3 is 2.71 bits per heavy atom. The summed E-state index contributed by atoms with van der Waals surface area (Å²) < 4.78 is 0.719. The van der Waals surface area contributed by atoms with Crippen molar-refractivity contribution in [2.24, 2.45) is 5.73 Å². The van der Waals surface area contributed by atoms with E-state index in [1.165, 1.54) is 6.07 Å². The molecule has 2 amide bonds. The van der Waals surface area contributed by atoms with Crippen LogP contribution in [-0.2, 0) is 9.59 Å². The number of anilines is 1. The van der Waals surface area contributed by atoms with Gasteiger partial charge in [-0.2, -0.15) is 0 Å². The molecule has 0 aliphatic heterocycles. The molecule has 7 heteroatoms. The highest BCUT2D eigenvalue weighted by molar-refractivity contribution is 9.10. The fourth-order valence-electron chi connectivity index (χ4n) is 1.05. The molecular weight excluding hydrogens is 290 g/mol. The summed E-state index contributed by atoms with van der Waals surface area (Å²) in [5.74, 6) is -0.912. The Morgan fingerprint density at radius 2 is 2.06 bits per heavy atom. The van der Waals surface area contributed by atoms with Crippen LogP contribution in [-0.4, -0.2) is 30.0 Å². The molecule has 0 fully saturated rings. The number of phenols is 1. The molecule has 6 nitrogen and oxygen atoms in total. The Balaban J connectivity index is 2.56. The molecular formula is C10H12BrN3O3. The molecule has 1 rings (SSSR count). The van der Waals surface area contributed by atoms with E-state index in [4.69, 9.17) is 5.73 Å². The SMILES string of the molecule is NCC(=O)NCC(=O)Nc1cc(Br)ccc1O. The van der Waals surface area contributed by atoms with Crippen LogP contribution in [0, 0.1) is 0 Å². The van der Waals surface area contributed by atoms with E-state index in [9.17, 15) is 14.7 Å². The van der Waals surface area contributed by atoms with E-state index in [0.717, 1.165) is 4.47 Å². The molecule has 0 radical (unpaired) electrons. The second-order valence-electron chi connectivity index (χ2n) is 3.19. The minimum Gasteiger partial charge on any atom is -0.506 e. The van der Waals surface area contributed by atoms with Crippen LogP contribution in [0.25, 0.3) is 0 Å². The number of phenolic OH excluding ortho intramolecular Hbond substituents is 1. The monoisotopic (exact) mass is 301 g/mol. The molecule has 17 heavy (non-hydrogen) atoms. The van der Waals surface area contributed by atoms with Crippen molar-refractivity contribution in [2.75, 3.05) is 18.4 Å². The summed E-state index contributed by atoms with van der Waals surface area (Å²) in [4.78, 5) is 22.2. The van der Waals surface area contributed by atoms with Crippen molar-refractivity contribution in [2.45, 2.75) is 0 Å². The van der Waals surface area contributed by atoms with Gasteiger partial charge in [0, 0.05) is 4.47 Å². The largest absolute Gasteiger partial charge is 0.506 e. The summed E-state index contributed by atoms with van der Waals surface area (Å²) in [7, 11) is 0. The minimum absolute atomic E-state index is 0.0494. The van der Waals surface area contributed by atoms with Gasteiger partial charge in [-0.3, -0.25) is 9.59 Å². The third-order valence-electron chi connectivity index (χ3n) is 1.86. The maximum absolute atomic E-state index is 11.4. The van der Waals surface area contributed by atoms with Gasteiger partial charge >= 0.3 is 0 Å². The number of aromatic hydroxyl groups is 1. The number of hydrogen-bond acceptors (Lipinski definition) is 4. The molecule has 0 aliphatic rings. The van der Waals surface area contributed by atoms with E-state index in [1.54, 1.807) is 12.1 Å². The normalized spacial score (nSPS) is 9.76. The van der Waals surface area contributed by atoms with Gasteiger partial charge in [0.05, 0.1) is 18.8 Å². The van der Waals surface area contributed by atoms with Crippen LogP contribution < -0.4 is 16.4 Å². The number of benzene rings is 1. The van der Waals surface area contributed by atoms with Gasteiger partial charge < -0.3 is 21.5 Å². The average Bonchev–Trinajstić information content (AvgIpc) is 2.30. The Bertz CT molecular complexity index is 437. The summed E-state index contributed by atoms with van der Waals surface area (Å²) in [6, 6.07) is 4.64. The summed E-state index contributed by atoms with van der Waals surface area (Å²) in [5, 5.41) is 14.2. The number of nitrogens with one attached hydrogen (secondary N) is 2. The van der Waals surface area contributed by atoms with Crippen molar-refractivity contribution < 1.29 is 14.7 Å². The molecule has 0 unspecified atom stereocenters. The highest BCUT2D eigenvalue weighted by Gasteiger charge is 2.07. The van der Waals surface area contributed by atoms with Crippen molar-refractivity contribution in [3.63, 3.8) is 0 Å². The minimum atomic E-state index is -0.444. The number of carbonyl (C=O) groups is 2. The predicted octanol–water partition coefficient (Wildman–Crippen LogP) is 0.168. The highest BCUT2D eigenvalue weighted by atomic mass is 79.9. The summed E-state index contributed by atoms with van der Waals surface area (Å²) >= 11 is 3.21. The third-order valence-corrected chi connectivity index (χ3v) is 2.36. The first kappa shape index (κ1) is 13.5. The van der Waals surface area contributed by atoms with Crippen LogP contribution in [0.2, 0.25) is 0 Å². The van der Waals surface area contributed by atoms with Crippen molar-refractivity contribution >= 4 is 33.4 Å². The second kappa shape index (κ2) is 6.21. The van der Waals surface area contributed by atoms with Gasteiger partial charge in [0.2, 0.25) is 11.8 Å². The van der Waals surface area contributed by atoms with E-state index >= 15 is 0 Å². The van der Waals surface area contributed by atoms with Crippen LogP contribution in [0.4, 0.5) is 5.69 Å². The third kappa shape index (κ3) is 4.41. The van der Waals surface area contributed by atoms with Gasteiger partial charge in [0.15, 0.2) is 0 Å². The standard InChI is InChI=1S/C10H12BrN3O3/c11-6-1-2-8(15)7(3-6)14-10(17)5-13-9(16)4-12/h1-3,15H,4-5,12H2,(H,13,16)(H,14,17). The van der Waals surface area contributed by atoms with Gasteiger partial charge in [-0.05, 0) is 18.2 Å². The zero-order chi connectivity index (χ0) is 12.8. The first-order valence-electron chi connectivity index (χ1n) is 4.78. The van der Waals surface area contributed by atoms with Crippen molar-refractivity contribution in [1.29, 1.82) is 0 Å². The van der Waals surface area contributed by atoms with Crippen LogP contribution in [0.1, 0.15) is 0 Å². The van der Waals surface area contributed by atoms with Gasteiger partial charge in [0.25, 0.3) is 0 Å². The second-order valence-corrected chi connectivity index (χ2v) is 4.11. The molecule has 0 heterocycles.